The van der Waals surface area contributed by atoms with Crippen molar-refractivity contribution < 1.29 is 9.59 Å². The summed E-state index contributed by atoms with van der Waals surface area (Å²) >= 11 is 6.22. The van der Waals surface area contributed by atoms with Crippen LogP contribution in [-0.4, -0.2) is 34.9 Å². The van der Waals surface area contributed by atoms with Crippen LogP contribution in [0.15, 0.2) is 23.0 Å². The molecular formula is C22H26ClN5O3. The Labute approximate surface area is 185 Å². The Bertz CT molecular complexity index is 1090. The molecule has 2 aromatic rings. The van der Waals surface area contributed by atoms with Crippen molar-refractivity contribution in [2.24, 2.45) is 11.8 Å². The summed E-state index contributed by atoms with van der Waals surface area (Å²) in [5.74, 6) is -0.268. The Hall–Kier alpha value is -2.87. The molecule has 2 aliphatic rings. The highest BCUT2D eigenvalue weighted by Crippen LogP contribution is 2.32. The average molecular weight is 444 g/mol. The molecule has 164 valence electrons. The smallest absolute Gasteiger partial charge is 0.258 e. The number of carbonyl (C=O) groups excluding carboxylic acids is 2. The van der Waals surface area contributed by atoms with E-state index < -0.39 is 17.4 Å². The molecule has 0 spiro atoms. The third kappa shape index (κ3) is 4.44. The lowest BCUT2D eigenvalue weighted by Crippen LogP contribution is -2.42. The third-order valence-electron chi connectivity index (χ3n) is 5.81. The van der Waals surface area contributed by atoms with Crippen molar-refractivity contribution in [3.8, 4) is 0 Å². The second-order valence-electron chi connectivity index (χ2n) is 8.78. The summed E-state index contributed by atoms with van der Waals surface area (Å²) in [5, 5.41) is 5.80. The summed E-state index contributed by atoms with van der Waals surface area (Å²) in [6, 6.07) is 5.26. The van der Waals surface area contributed by atoms with Crippen LogP contribution >= 0.6 is 11.6 Å². The predicted molar refractivity (Wildman–Crippen MR) is 121 cm³/mol. The van der Waals surface area contributed by atoms with Crippen molar-refractivity contribution in [3.05, 3.63) is 44.7 Å². The number of fused-ring (bicyclic) bond motifs is 1. The van der Waals surface area contributed by atoms with E-state index in [0.29, 0.717) is 28.5 Å². The normalized spacial score (nSPS) is 23.2. The van der Waals surface area contributed by atoms with Crippen molar-refractivity contribution in [3.63, 3.8) is 0 Å². The Morgan fingerprint density at radius 3 is 2.61 bits per heavy atom. The molecule has 1 fully saturated rings. The summed E-state index contributed by atoms with van der Waals surface area (Å²) in [6.07, 6.45) is 0.983. The van der Waals surface area contributed by atoms with Crippen LogP contribution in [0.25, 0.3) is 0 Å². The first-order valence-electron chi connectivity index (χ1n) is 10.5. The van der Waals surface area contributed by atoms with Gasteiger partial charge in [0.15, 0.2) is 0 Å². The number of nitrogens with zero attached hydrogens (tertiary/aromatic N) is 2. The highest BCUT2D eigenvalue weighted by molar-refractivity contribution is 6.33. The maximum Gasteiger partial charge on any atom is 0.258 e. The van der Waals surface area contributed by atoms with Crippen LogP contribution in [0.5, 0.6) is 0 Å². The van der Waals surface area contributed by atoms with Crippen LogP contribution in [0.4, 0.5) is 17.5 Å². The van der Waals surface area contributed by atoms with Crippen molar-refractivity contribution >= 4 is 40.9 Å². The molecule has 1 aromatic heterocycles. The van der Waals surface area contributed by atoms with Crippen LogP contribution in [0.1, 0.15) is 43.7 Å². The minimum atomic E-state index is -0.953. The number of amides is 2. The first kappa shape index (κ1) is 21.4. The number of carbonyl (C=O) groups is 2. The third-order valence-corrected chi connectivity index (χ3v) is 6.12. The Morgan fingerprint density at radius 1 is 1.23 bits per heavy atom. The first-order valence-corrected chi connectivity index (χ1v) is 10.8. The molecule has 8 nitrogen and oxygen atoms in total. The fourth-order valence-corrected chi connectivity index (χ4v) is 4.79. The van der Waals surface area contributed by atoms with E-state index in [-0.39, 0.29) is 23.7 Å². The highest BCUT2D eigenvalue weighted by atomic mass is 35.5. The lowest BCUT2D eigenvalue weighted by Gasteiger charge is -2.35. The van der Waals surface area contributed by atoms with Gasteiger partial charge in [-0.05, 0) is 42.9 Å². The number of hydrogen-bond acceptors (Lipinski definition) is 5. The summed E-state index contributed by atoms with van der Waals surface area (Å²) in [6.45, 7) is 7.77. The number of benzene rings is 1. The van der Waals surface area contributed by atoms with Gasteiger partial charge >= 0.3 is 0 Å². The summed E-state index contributed by atoms with van der Waals surface area (Å²) in [7, 11) is 0. The molecule has 0 aliphatic carbocycles. The Kier molecular flexibility index (Phi) is 5.75. The van der Waals surface area contributed by atoms with Gasteiger partial charge in [0.05, 0.1) is 22.2 Å². The number of H-pyrrole nitrogens is 1. The Balaban J connectivity index is 1.65. The van der Waals surface area contributed by atoms with E-state index in [4.69, 9.17) is 11.6 Å². The van der Waals surface area contributed by atoms with E-state index in [2.05, 4.69) is 34.4 Å². The second kappa shape index (κ2) is 8.34. The number of anilines is 3. The molecule has 1 saturated heterocycles. The molecule has 2 aliphatic heterocycles. The van der Waals surface area contributed by atoms with E-state index in [1.807, 2.05) is 17.9 Å². The van der Waals surface area contributed by atoms with Gasteiger partial charge in [-0.3, -0.25) is 19.4 Å². The quantitative estimate of drug-likeness (QED) is 0.674. The minimum absolute atomic E-state index is 0.135. The van der Waals surface area contributed by atoms with Crippen LogP contribution in [0.3, 0.4) is 0 Å². The standard InChI is InChI=1S/C22H26ClN5O3/c1-11-4-5-16(15(23)7-11)24-20(30)14-8-17(29)25-19-18(14)21(31)27-22(26-19)28-9-12(2)6-13(3)10-28/h4-5,7,12-14H,6,8-10H2,1-3H3,(H,24,30)(H2,25,26,27,29,31)/t12-,13-,14-/m1/s1. The maximum atomic E-state index is 13.0. The summed E-state index contributed by atoms with van der Waals surface area (Å²) < 4.78 is 0. The van der Waals surface area contributed by atoms with Crippen LogP contribution < -0.4 is 21.1 Å². The van der Waals surface area contributed by atoms with E-state index >= 15 is 0 Å². The number of aromatic nitrogens is 2. The van der Waals surface area contributed by atoms with Crippen molar-refractivity contribution in [2.75, 3.05) is 28.6 Å². The molecule has 0 unspecified atom stereocenters. The number of aromatic amines is 1. The predicted octanol–water partition coefficient (Wildman–Crippen LogP) is 3.28. The molecule has 0 bridgehead atoms. The molecule has 3 atom stereocenters. The van der Waals surface area contributed by atoms with Crippen LogP contribution in [-0.2, 0) is 9.59 Å². The lowest BCUT2D eigenvalue weighted by molar-refractivity contribution is -0.123. The van der Waals surface area contributed by atoms with Crippen molar-refractivity contribution in [2.45, 2.75) is 39.5 Å². The zero-order valence-electron chi connectivity index (χ0n) is 17.8. The molecule has 3 N–H and O–H groups in total. The zero-order valence-corrected chi connectivity index (χ0v) is 18.5. The van der Waals surface area contributed by atoms with Crippen molar-refractivity contribution in [1.29, 1.82) is 0 Å². The van der Waals surface area contributed by atoms with Gasteiger partial charge in [0.1, 0.15) is 5.82 Å². The number of nitrogens with one attached hydrogen (secondary N) is 3. The highest BCUT2D eigenvalue weighted by Gasteiger charge is 2.36. The van der Waals surface area contributed by atoms with Gasteiger partial charge in [0.25, 0.3) is 5.56 Å². The fraction of sp³-hybridized carbons (Fsp3) is 0.455. The zero-order chi connectivity index (χ0) is 22.3. The van der Waals surface area contributed by atoms with Gasteiger partial charge < -0.3 is 15.5 Å². The molecule has 31 heavy (non-hydrogen) atoms. The first-order chi connectivity index (χ1) is 14.7. The van der Waals surface area contributed by atoms with Gasteiger partial charge in [-0.25, -0.2) is 0 Å². The number of halogens is 1. The molecule has 0 saturated carbocycles. The maximum absolute atomic E-state index is 13.0. The van der Waals surface area contributed by atoms with Gasteiger partial charge in [-0.2, -0.15) is 4.98 Å². The largest absolute Gasteiger partial charge is 0.342 e. The number of aryl methyl sites for hydroxylation is 1. The molecule has 3 heterocycles. The monoisotopic (exact) mass is 443 g/mol. The average Bonchev–Trinajstić information content (AvgIpc) is 2.68. The van der Waals surface area contributed by atoms with E-state index in [1.54, 1.807) is 12.1 Å². The number of piperidine rings is 1. The van der Waals surface area contributed by atoms with Gasteiger partial charge in [0.2, 0.25) is 17.8 Å². The van der Waals surface area contributed by atoms with E-state index in [0.717, 1.165) is 25.1 Å². The van der Waals surface area contributed by atoms with Crippen LogP contribution in [0, 0.1) is 18.8 Å². The molecule has 9 heteroatoms. The molecule has 1 aromatic carbocycles. The molecule has 0 radical (unpaired) electrons. The molecule has 2 amide bonds. The van der Waals surface area contributed by atoms with Gasteiger partial charge in [-0.1, -0.05) is 31.5 Å². The van der Waals surface area contributed by atoms with Crippen molar-refractivity contribution in [1.82, 2.24) is 9.97 Å². The summed E-state index contributed by atoms with van der Waals surface area (Å²) in [4.78, 5) is 47.7. The van der Waals surface area contributed by atoms with Gasteiger partial charge in [-0.15, -0.1) is 0 Å². The molecular weight excluding hydrogens is 418 g/mol. The number of hydrogen-bond donors (Lipinski definition) is 3. The minimum Gasteiger partial charge on any atom is -0.342 e. The van der Waals surface area contributed by atoms with Crippen LogP contribution in [0.2, 0.25) is 5.02 Å². The summed E-state index contributed by atoms with van der Waals surface area (Å²) in [5.41, 5.74) is 1.14. The lowest BCUT2D eigenvalue weighted by atomic mass is 9.91. The second-order valence-corrected chi connectivity index (χ2v) is 9.19. The van der Waals surface area contributed by atoms with E-state index in [9.17, 15) is 14.4 Å². The fourth-order valence-electron chi connectivity index (χ4n) is 4.51. The SMILES string of the molecule is Cc1ccc(NC(=O)[C@@H]2CC(=O)Nc3nc(N4C[C@H](C)C[C@@H](C)C4)[nH]c(=O)c32)c(Cl)c1. The topological polar surface area (TPSA) is 107 Å². The number of rotatable bonds is 3. The molecule has 4 rings (SSSR count). The van der Waals surface area contributed by atoms with E-state index in [1.165, 1.54) is 0 Å². The Morgan fingerprint density at radius 2 is 1.94 bits per heavy atom. The van der Waals surface area contributed by atoms with Gasteiger partial charge in [0, 0.05) is 19.5 Å².